The van der Waals surface area contributed by atoms with Crippen molar-refractivity contribution in [2.24, 2.45) is 0 Å². The largest absolute Gasteiger partial charge is 0.342 e. The van der Waals surface area contributed by atoms with E-state index in [0.29, 0.717) is 16.7 Å². The minimum Gasteiger partial charge on any atom is -0.342 e. The maximum absolute atomic E-state index is 12.5. The number of halogens is 1. The first-order chi connectivity index (χ1) is 12.7. The fourth-order valence-electron chi connectivity index (χ4n) is 3.32. The Hall–Kier alpha value is -2.05. The Morgan fingerprint density at radius 3 is 2.69 bits per heavy atom. The van der Waals surface area contributed by atoms with E-state index < -0.39 is 0 Å². The van der Waals surface area contributed by atoms with Gasteiger partial charge in [0.1, 0.15) is 5.82 Å². The number of thioether (sulfide) groups is 1. The monoisotopic (exact) mass is 386 g/mol. The summed E-state index contributed by atoms with van der Waals surface area (Å²) in [6, 6.07) is 13.5. The zero-order chi connectivity index (χ0) is 17.9. The number of benzene rings is 1. The van der Waals surface area contributed by atoms with Crippen LogP contribution < -0.4 is 0 Å². The lowest BCUT2D eigenvalue weighted by Crippen LogP contribution is -2.39. The summed E-state index contributed by atoms with van der Waals surface area (Å²) in [5.74, 6) is 1.92. The minimum absolute atomic E-state index is 0.166. The van der Waals surface area contributed by atoms with Gasteiger partial charge in [-0.3, -0.25) is 9.20 Å². The minimum atomic E-state index is 0.166. The summed E-state index contributed by atoms with van der Waals surface area (Å²) in [7, 11) is 0. The summed E-state index contributed by atoms with van der Waals surface area (Å²) >= 11 is 7.66. The van der Waals surface area contributed by atoms with E-state index in [1.165, 1.54) is 11.8 Å². The van der Waals surface area contributed by atoms with E-state index in [1.54, 1.807) is 0 Å². The molecule has 0 spiro atoms. The zero-order valence-corrected chi connectivity index (χ0v) is 15.8. The van der Waals surface area contributed by atoms with Crippen LogP contribution in [0.1, 0.15) is 24.6 Å². The van der Waals surface area contributed by atoms with Gasteiger partial charge in [-0.05, 0) is 37.1 Å². The molecule has 7 heteroatoms. The Labute approximate surface area is 161 Å². The number of carbonyl (C=O) groups excluding carboxylic acids is 1. The van der Waals surface area contributed by atoms with Gasteiger partial charge in [0.05, 0.1) is 10.8 Å². The second-order valence-corrected chi connectivity index (χ2v) is 7.79. The van der Waals surface area contributed by atoms with Crippen LogP contribution in [0.2, 0.25) is 5.02 Å². The van der Waals surface area contributed by atoms with Gasteiger partial charge in [0, 0.05) is 30.1 Å². The lowest BCUT2D eigenvalue weighted by molar-refractivity contribution is -0.129. The summed E-state index contributed by atoms with van der Waals surface area (Å²) in [6.07, 6.45) is 3.83. The molecule has 1 aromatic carbocycles. The second-order valence-electron chi connectivity index (χ2n) is 6.36. The molecule has 1 saturated heterocycles. The summed E-state index contributed by atoms with van der Waals surface area (Å²) in [5.41, 5.74) is 0.872. The molecule has 4 rings (SSSR count). The lowest BCUT2D eigenvalue weighted by Gasteiger charge is -2.31. The first kappa shape index (κ1) is 17.4. The van der Waals surface area contributed by atoms with Gasteiger partial charge in [0.25, 0.3) is 0 Å². The third kappa shape index (κ3) is 3.57. The molecule has 0 unspecified atom stereocenters. The predicted molar refractivity (Wildman–Crippen MR) is 104 cm³/mol. The maximum Gasteiger partial charge on any atom is 0.232 e. The number of pyridine rings is 1. The average Bonchev–Trinajstić information content (AvgIpc) is 3.11. The fourth-order valence-corrected chi connectivity index (χ4v) is 4.46. The molecule has 5 nitrogen and oxygen atoms in total. The Morgan fingerprint density at radius 1 is 1.12 bits per heavy atom. The Kier molecular flexibility index (Phi) is 5.13. The van der Waals surface area contributed by atoms with Crippen molar-refractivity contribution in [1.29, 1.82) is 0 Å². The van der Waals surface area contributed by atoms with Crippen LogP contribution in [0, 0.1) is 0 Å². The van der Waals surface area contributed by atoms with Gasteiger partial charge in [-0.25, -0.2) is 0 Å². The van der Waals surface area contributed by atoms with Crippen LogP contribution in [0.5, 0.6) is 0 Å². The van der Waals surface area contributed by atoms with E-state index in [2.05, 4.69) is 14.6 Å². The van der Waals surface area contributed by atoms with Crippen molar-refractivity contribution in [3.63, 3.8) is 0 Å². The molecule has 3 aromatic rings. The van der Waals surface area contributed by atoms with E-state index >= 15 is 0 Å². The second kappa shape index (κ2) is 7.68. The highest BCUT2D eigenvalue weighted by molar-refractivity contribution is 8.00. The maximum atomic E-state index is 12.5. The molecule has 2 aromatic heterocycles. The van der Waals surface area contributed by atoms with Gasteiger partial charge in [-0.2, -0.15) is 0 Å². The number of nitrogens with zero attached hydrogens (tertiary/aromatic N) is 4. The molecule has 134 valence electrons. The molecule has 1 aliphatic rings. The van der Waals surface area contributed by atoms with Gasteiger partial charge in [-0.15, -0.1) is 22.0 Å². The standard InChI is InChI=1S/C19H19ClN4OS/c20-15-5-1-2-6-16(15)26-13-18(25)23-11-8-14(9-12-23)19-22-21-17-7-3-4-10-24(17)19/h1-7,10,14H,8-9,11-13H2. The van der Waals surface area contributed by atoms with Crippen LogP contribution >= 0.6 is 23.4 Å². The molecule has 0 bridgehead atoms. The van der Waals surface area contributed by atoms with Crippen LogP contribution in [0.4, 0.5) is 0 Å². The van der Waals surface area contributed by atoms with E-state index in [-0.39, 0.29) is 5.91 Å². The van der Waals surface area contributed by atoms with Crippen molar-refractivity contribution in [3.05, 3.63) is 59.5 Å². The van der Waals surface area contributed by atoms with Crippen molar-refractivity contribution >= 4 is 34.9 Å². The van der Waals surface area contributed by atoms with Gasteiger partial charge >= 0.3 is 0 Å². The lowest BCUT2D eigenvalue weighted by atomic mass is 9.96. The van der Waals surface area contributed by atoms with Gasteiger partial charge in [0.15, 0.2) is 5.65 Å². The van der Waals surface area contributed by atoms with Crippen LogP contribution in [0.3, 0.4) is 0 Å². The quantitative estimate of drug-likeness (QED) is 0.638. The summed E-state index contributed by atoms with van der Waals surface area (Å²) in [4.78, 5) is 15.4. The molecular weight excluding hydrogens is 368 g/mol. The summed E-state index contributed by atoms with van der Waals surface area (Å²) < 4.78 is 2.05. The van der Waals surface area contributed by atoms with Crippen molar-refractivity contribution in [3.8, 4) is 0 Å². The first-order valence-electron chi connectivity index (χ1n) is 8.67. The molecule has 3 heterocycles. The highest BCUT2D eigenvalue weighted by Crippen LogP contribution is 2.29. The van der Waals surface area contributed by atoms with Crippen LogP contribution in [0.15, 0.2) is 53.6 Å². The topological polar surface area (TPSA) is 50.5 Å². The Bertz CT molecular complexity index is 921. The first-order valence-corrected chi connectivity index (χ1v) is 10.0. The third-order valence-corrected chi connectivity index (χ3v) is 6.24. The molecule has 0 N–H and O–H groups in total. The number of carbonyl (C=O) groups is 1. The van der Waals surface area contributed by atoms with E-state index in [4.69, 9.17) is 11.6 Å². The van der Waals surface area contributed by atoms with Gasteiger partial charge < -0.3 is 4.90 Å². The van der Waals surface area contributed by atoms with Gasteiger partial charge in [0.2, 0.25) is 5.91 Å². The van der Waals surface area contributed by atoms with Crippen LogP contribution in [0.25, 0.3) is 5.65 Å². The summed E-state index contributed by atoms with van der Waals surface area (Å²) in [6.45, 7) is 1.52. The van der Waals surface area contributed by atoms with Crippen molar-refractivity contribution in [2.45, 2.75) is 23.7 Å². The number of rotatable bonds is 4. The van der Waals surface area contributed by atoms with Crippen molar-refractivity contribution in [1.82, 2.24) is 19.5 Å². The molecule has 0 aliphatic carbocycles. The third-order valence-electron chi connectivity index (χ3n) is 4.74. The van der Waals surface area contributed by atoms with Crippen molar-refractivity contribution in [2.75, 3.05) is 18.8 Å². The number of likely N-dealkylation sites (tertiary alicyclic amines) is 1. The molecule has 1 amide bonds. The van der Waals surface area contributed by atoms with E-state index in [9.17, 15) is 4.79 Å². The Balaban J connectivity index is 1.34. The number of aromatic nitrogens is 3. The fraction of sp³-hybridized carbons (Fsp3) is 0.316. The number of amides is 1. The number of piperidine rings is 1. The normalized spacial score (nSPS) is 15.5. The molecule has 0 saturated carbocycles. The number of hydrogen-bond donors (Lipinski definition) is 0. The predicted octanol–water partition coefficient (Wildman–Crippen LogP) is 3.88. The summed E-state index contributed by atoms with van der Waals surface area (Å²) in [5, 5.41) is 9.30. The highest BCUT2D eigenvalue weighted by Gasteiger charge is 2.26. The molecule has 1 aliphatic heterocycles. The zero-order valence-electron chi connectivity index (χ0n) is 14.2. The highest BCUT2D eigenvalue weighted by atomic mass is 35.5. The smallest absolute Gasteiger partial charge is 0.232 e. The molecule has 0 radical (unpaired) electrons. The molecule has 0 atom stereocenters. The van der Waals surface area contributed by atoms with Crippen molar-refractivity contribution < 1.29 is 4.79 Å². The SMILES string of the molecule is O=C(CSc1ccccc1Cl)N1CCC(c2nnc3ccccn23)CC1. The van der Waals surface area contributed by atoms with Gasteiger partial charge in [-0.1, -0.05) is 29.8 Å². The van der Waals surface area contributed by atoms with Crippen LogP contribution in [-0.2, 0) is 4.79 Å². The van der Waals surface area contributed by atoms with Crippen LogP contribution in [-0.4, -0.2) is 44.2 Å². The number of fused-ring (bicyclic) bond motifs is 1. The average molecular weight is 387 g/mol. The number of hydrogen-bond acceptors (Lipinski definition) is 4. The van der Waals surface area contributed by atoms with E-state index in [1.807, 2.05) is 53.6 Å². The van der Waals surface area contributed by atoms with E-state index in [0.717, 1.165) is 42.3 Å². The molecule has 26 heavy (non-hydrogen) atoms. The molecule has 1 fully saturated rings. The Morgan fingerprint density at radius 2 is 1.88 bits per heavy atom. The molecular formula is C19H19ClN4OS.